The zero-order valence-corrected chi connectivity index (χ0v) is 12.0. The molecule has 2 heteroatoms. The highest BCUT2D eigenvalue weighted by atomic mass is 16.5. The van der Waals surface area contributed by atoms with Crippen molar-refractivity contribution in [3.8, 4) is 5.75 Å². The molecule has 1 aliphatic rings. The van der Waals surface area contributed by atoms with E-state index in [4.69, 9.17) is 4.74 Å². The van der Waals surface area contributed by atoms with E-state index in [1.165, 1.54) is 5.56 Å². The summed E-state index contributed by atoms with van der Waals surface area (Å²) in [7, 11) is 0. The van der Waals surface area contributed by atoms with E-state index in [2.05, 4.69) is 32.9 Å². The minimum absolute atomic E-state index is 0.0815. The number of hydrogen-bond acceptors (Lipinski definition) is 2. The van der Waals surface area contributed by atoms with Crippen molar-refractivity contribution in [1.82, 2.24) is 0 Å². The molecule has 0 aliphatic heterocycles. The number of ether oxygens (including phenoxy) is 1. The predicted molar refractivity (Wildman–Crippen MR) is 73.9 cm³/mol. The zero-order chi connectivity index (χ0) is 13.6. The Morgan fingerprint density at radius 2 is 1.72 bits per heavy atom. The second kappa shape index (κ2) is 4.27. The molecule has 0 saturated heterocycles. The summed E-state index contributed by atoms with van der Waals surface area (Å²) in [4.78, 5) is 0. The third-order valence-electron chi connectivity index (χ3n) is 4.83. The summed E-state index contributed by atoms with van der Waals surface area (Å²) >= 11 is 0. The first-order valence-electron chi connectivity index (χ1n) is 6.72. The monoisotopic (exact) mass is 248 g/mol. The van der Waals surface area contributed by atoms with Gasteiger partial charge in [0.2, 0.25) is 0 Å². The Kier molecular flexibility index (Phi) is 3.18. The molecule has 18 heavy (non-hydrogen) atoms. The first kappa shape index (κ1) is 13.4. The van der Waals surface area contributed by atoms with Crippen molar-refractivity contribution in [3.63, 3.8) is 0 Å². The second-order valence-corrected chi connectivity index (χ2v) is 6.35. The Bertz CT molecular complexity index is 419. The van der Waals surface area contributed by atoms with Gasteiger partial charge in [0, 0.05) is 12.0 Å². The fourth-order valence-electron chi connectivity index (χ4n) is 3.24. The Morgan fingerprint density at radius 1 is 1.17 bits per heavy atom. The molecule has 1 aliphatic carbocycles. The van der Waals surface area contributed by atoms with E-state index < -0.39 is 0 Å². The average Bonchev–Trinajstić information content (AvgIpc) is 2.73. The van der Waals surface area contributed by atoms with Crippen molar-refractivity contribution in [1.29, 1.82) is 0 Å². The van der Waals surface area contributed by atoms with Gasteiger partial charge in [-0.1, -0.05) is 32.9 Å². The molecule has 0 bridgehead atoms. The summed E-state index contributed by atoms with van der Waals surface area (Å²) in [5.74, 6) is 1.26. The first-order chi connectivity index (χ1) is 8.34. The molecule has 0 aromatic heterocycles. The van der Waals surface area contributed by atoms with E-state index >= 15 is 0 Å². The number of rotatable bonds is 4. The van der Waals surface area contributed by atoms with Crippen molar-refractivity contribution >= 4 is 0 Å². The van der Waals surface area contributed by atoms with Gasteiger partial charge in [-0.05, 0) is 42.9 Å². The molecule has 0 spiro atoms. The van der Waals surface area contributed by atoms with Crippen LogP contribution in [0, 0.1) is 11.3 Å². The highest BCUT2D eigenvalue weighted by Gasteiger charge is 2.67. The maximum atomic E-state index is 9.49. The van der Waals surface area contributed by atoms with E-state index in [9.17, 15) is 5.11 Å². The molecule has 2 unspecified atom stereocenters. The molecule has 1 N–H and O–H groups in total. The number of benzene rings is 1. The summed E-state index contributed by atoms with van der Waals surface area (Å²) in [5.41, 5.74) is 1.54. The maximum Gasteiger partial charge on any atom is 0.119 e. The lowest BCUT2D eigenvalue weighted by Crippen LogP contribution is -2.11. The Labute approximate surface area is 110 Å². The SMILES string of the molecule is CC(C)Oc1ccc(C2(C)C(CO)C2(C)C)cc1. The van der Waals surface area contributed by atoms with Gasteiger partial charge in [0.1, 0.15) is 5.75 Å². The quantitative estimate of drug-likeness (QED) is 0.885. The zero-order valence-electron chi connectivity index (χ0n) is 12.0. The largest absolute Gasteiger partial charge is 0.491 e. The Hall–Kier alpha value is -1.02. The highest BCUT2D eigenvalue weighted by molar-refractivity contribution is 5.41. The summed E-state index contributed by atoms with van der Waals surface area (Å²) in [6.07, 6.45) is 0.203. The normalized spacial score (nSPS) is 29.4. The third-order valence-corrected chi connectivity index (χ3v) is 4.83. The molecule has 2 atom stereocenters. The van der Waals surface area contributed by atoms with Crippen molar-refractivity contribution < 1.29 is 9.84 Å². The molecule has 0 heterocycles. The second-order valence-electron chi connectivity index (χ2n) is 6.35. The van der Waals surface area contributed by atoms with Crippen LogP contribution in [0.25, 0.3) is 0 Å². The highest BCUT2D eigenvalue weighted by Crippen LogP contribution is 2.68. The van der Waals surface area contributed by atoms with Gasteiger partial charge in [-0.15, -0.1) is 0 Å². The van der Waals surface area contributed by atoms with Crippen LogP contribution < -0.4 is 4.74 Å². The van der Waals surface area contributed by atoms with Crippen molar-refractivity contribution in [2.75, 3.05) is 6.61 Å². The summed E-state index contributed by atoms with van der Waals surface area (Å²) in [6.45, 7) is 11.0. The van der Waals surface area contributed by atoms with Gasteiger partial charge in [-0.3, -0.25) is 0 Å². The van der Waals surface area contributed by atoms with Crippen LogP contribution in [0.2, 0.25) is 0 Å². The summed E-state index contributed by atoms with van der Waals surface area (Å²) in [5, 5.41) is 9.49. The smallest absolute Gasteiger partial charge is 0.119 e. The van der Waals surface area contributed by atoms with Gasteiger partial charge in [-0.25, -0.2) is 0 Å². The fraction of sp³-hybridized carbons (Fsp3) is 0.625. The van der Waals surface area contributed by atoms with Crippen molar-refractivity contribution in [3.05, 3.63) is 29.8 Å². The van der Waals surface area contributed by atoms with Crippen molar-refractivity contribution in [2.24, 2.45) is 11.3 Å². The van der Waals surface area contributed by atoms with Crippen LogP contribution in [0.4, 0.5) is 0 Å². The molecule has 0 radical (unpaired) electrons. The van der Waals surface area contributed by atoms with Crippen LogP contribution >= 0.6 is 0 Å². The predicted octanol–water partition coefficient (Wildman–Crippen LogP) is 3.38. The third kappa shape index (κ3) is 1.83. The molecule has 1 fully saturated rings. The van der Waals surface area contributed by atoms with Gasteiger partial charge in [0.25, 0.3) is 0 Å². The average molecular weight is 248 g/mol. The molecule has 0 amide bonds. The Morgan fingerprint density at radius 3 is 2.11 bits per heavy atom. The van der Waals surface area contributed by atoms with Gasteiger partial charge in [0.05, 0.1) is 6.10 Å². The molecule has 100 valence electrons. The maximum absolute atomic E-state index is 9.49. The van der Waals surface area contributed by atoms with Gasteiger partial charge in [0.15, 0.2) is 0 Å². The number of hydrogen-bond donors (Lipinski definition) is 1. The Balaban J connectivity index is 2.21. The summed E-state index contributed by atoms with van der Waals surface area (Å²) < 4.78 is 5.66. The lowest BCUT2D eigenvalue weighted by molar-refractivity contribution is 0.242. The molecular formula is C16H24O2. The molecule has 1 saturated carbocycles. The number of aliphatic hydroxyl groups is 1. The molecular weight excluding hydrogens is 224 g/mol. The van der Waals surface area contributed by atoms with E-state index in [1.807, 2.05) is 26.0 Å². The number of aliphatic hydroxyl groups excluding tert-OH is 1. The van der Waals surface area contributed by atoms with E-state index in [0.29, 0.717) is 5.92 Å². The lowest BCUT2D eigenvalue weighted by Gasteiger charge is -2.16. The van der Waals surface area contributed by atoms with Crippen LogP contribution in [0.3, 0.4) is 0 Å². The molecule has 2 nitrogen and oxygen atoms in total. The topological polar surface area (TPSA) is 29.5 Å². The van der Waals surface area contributed by atoms with Crippen LogP contribution in [0.1, 0.15) is 40.2 Å². The molecule has 1 aromatic rings. The molecule has 2 rings (SSSR count). The van der Waals surface area contributed by atoms with Crippen LogP contribution in [0.5, 0.6) is 5.75 Å². The van der Waals surface area contributed by atoms with E-state index in [-0.39, 0.29) is 23.5 Å². The first-order valence-corrected chi connectivity index (χ1v) is 6.72. The van der Waals surface area contributed by atoms with Crippen LogP contribution in [-0.2, 0) is 5.41 Å². The standard InChI is InChI=1S/C16H24O2/c1-11(2)18-13-8-6-12(7-9-13)16(5)14(10-17)15(16,3)4/h6-9,11,14,17H,10H2,1-5H3. The fourth-order valence-corrected chi connectivity index (χ4v) is 3.24. The van der Waals surface area contributed by atoms with Gasteiger partial charge < -0.3 is 9.84 Å². The minimum Gasteiger partial charge on any atom is -0.491 e. The van der Waals surface area contributed by atoms with E-state index in [1.54, 1.807) is 0 Å². The van der Waals surface area contributed by atoms with Crippen LogP contribution in [-0.4, -0.2) is 17.8 Å². The van der Waals surface area contributed by atoms with Gasteiger partial charge >= 0.3 is 0 Å². The minimum atomic E-state index is 0.0815. The van der Waals surface area contributed by atoms with Crippen molar-refractivity contribution in [2.45, 2.75) is 46.1 Å². The van der Waals surface area contributed by atoms with Gasteiger partial charge in [-0.2, -0.15) is 0 Å². The van der Waals surface area contributed by atoms with Crippen LogP contribution in [0.15, 0.2) is 24.3 Å². The van der Waals surface area contributed by atoms with E-state index in [0.717, 1.165) is 5.75 Å². The lowest BCUT2D eigenvalue weighted by atomic mass is 9.89. The summed E-state index contributed by atoms with van der Waals surface area (Å²) in [6, 6.07) is 8.33. The molecule has 1 aromatic carbocycles.